The molecule has 3 aromatic rings. The number of esters is 1. The van der Waals surface area contributed by atoms with Crippen LogP contribution >= 0.6 is 23.2 Å². The summed E-state index contributed by atoms with van der Waals surface area (Å²) in [5.74, 6) is -4.29. The molecule has 1 aliphatic rings. The first-order valence-electron chi connectivity index (χ1n) is 11.3. The lowest BCUT2D eigenvalue weighted by Gasteiger charge is -2.16. The molecular formula is C27H18Cl2N3O8-. The summed E-state index contributed by atoms with van der Waals surface area (Å²) < 4.78 is 9.67. The van der Waals surface area contributed by atoms with Crippen LogP contribution in [0.2, 0.25) is 5.02 Å². The van der Waals surface area contributed by atoms with E-state index in [2.05, 4.69) is 15.4 Å². The summed E-state index contributed by atoms with van der Waals surface area (Å²) in [6.45, 7) is 0. The number of imide groups is 1. The normalized spacial score (nSPS) is 12.8. The summed E-state index contributed by atoms with van der Waals surface area (Å²) in [5, 5.41) is 16.2. The van der Waals surface area contributed by atoms with Crippen molar-refractivity contribution >= 4 is 69.9 Å². The van der Waals surface area contributed by atoms with Crippen molar-refractivity contribution in [2.24, 2.45) is 0 Å². The van der Waals surface area contributed by atoms with E-state index in [0.717, 1.165) is 11.0 Å². The van der Waals surface area contributed by atoms with Crippen molar-refractivity contribution in [2.75, 3.05) is 29.8 Å². The van der Waals surface area contributed by atoms with Crippen LogP contribution in [-0.4, -0.2) is 43.9 Å². The second-order valence-electron chi connectivity index (χ2n) is 8.15. The molecule has 11 nitrogen and oxygen atoms in total. The predicted molar refractivity (Wildman–Crippen MR) is 144 cm³/mol. The molecule has 3 aromatic carbocycles. The van der Waals surface area contributed by atoms with Crippen LogP contribution in [0.4, 0.5) is 17.1 Å². The van der Waals surface area contributed by atoms with Gasteiger partial charge in [-0.25, -0.2) is 9.69 Å². The summed E-state index contributed by atoms with van der Waals surface area (Å²) in [6.07, 6.45) is 0. The van der Waals surface area contributed by atoms with Gasteiger partial charge in [-0.2, -0.15) is 0 Å². The number of hydrogen-bond acceptors (Lipinski definition) is 9. The summed E-state index contributed by atoms with van der Waals surface area (Å²) in [5.41, 5.74) is 0.393. The first kappa shape index (κ1) is 28.1. The molecule has 0 atom stereocenters. The van der Waals surface area contributed by atoms with E-state index in [1.54, 1.807) is 6.07 Å². The number of hydrogen-bond donors (Lipinski definition) is 2. The molecular weight excluding hydrogens is 565 g/mol. The fourth-order valence-electron chi connectivity index (χ4n) is 3.76. The van der Waals surface area contributed by atoms with Gasteiger partial charge in [0, 0.05) is 22.9 Å². The van der Waals surface area contributed by atoms with Crippen LogP contribution in [0.15, 0.2) is 71.4 Å². The lowest BCUT2D eigenvalue weighted by molar-refractivity contribution is -0.255. The maximum Gasteiger partial charge on any atom is 0.337 e. The Morgan fingerprint density at radius 1 is 0.900 bits per heavy atom. The number of carboxylic acids is 1. The number of ether oxygens (including phenoxy) is 2. The number of aromatic carboxylic acids is 1. The summed E-state index contributed by atoms with van der Waals surface area (Å²) in [4.78, 5) is 62.6. The highest BCUT2D eigenvalue weighted by Crippen LogP contribution is 2.32. The second-order valence-corrected chi connectivity index (χ2v) is 8.94. The van der Waals surface area contributed by atoms with Crippen LogP contribution in [0.25, 0.3) is 0 Å². The maximum atomic E-state index is 13.1. The number of nitrogens with zero attached hydrogens (tertiary/aromatic N) is 1. The van der Waals surface area contributed by atoms with Crippen LogP contribution in [0.5, 0.6) is 5.75 Å². The third-order valence-corrected chi connectivity index (χ3v) is 6.39. The van der Waals surface area contributed by atoms with E-state index in [-0.39, 0.29) is 55.3 Å². The van der Waals surface area contributed by atoms with E-state index in [9.17, 15) is 29.1 Å². The van der Waals surface area contributed by atoms with E-state index in [0.29, 0.717) is 0 Å². The minimum Gasteiger partial charge on any atom is -0.545 e. The Balaban J connectivity index is 1.53. The van der Waals surface area contributed by atoms with Gasteiger partial charge in [0.25, 0.3) is 17.7 Å². The average Bonchev–Trinajstić information content (AvgIpc) is 3.16. The van der Waals surface area contributed by atoms with Gasteiger partial charge in [-0.3, -0.25) is 14.4 Å². The lowest BCUT2D eigenvalue weighted by atomic mass is 10.1. The highest BCUT2D eigenvalue weighted by Gasteiger charge is 2.39. The third-order valence-electron chi connectivity index (χ3n) is 5.73. The van der Waals surface area contributed by atoms with Crippen molar-refractivity contribution in [3.8, 4) is 5.75 Å². The van der Waals surface area contributed by atoms with Crippen molar-refractivity contribution in [3.05, 3.63) is 93.1 Å². The number of carbonyl (C=O) groups is 5. The standard InChI is InChI=1S/C27H19Cl2N3O8/c1-39-20-12-19(18(28)11-17(20)26(36)37)31-23(33)14-4-3-5-15(10-14)30-22-21(29)24(34)32(25(22)35)16-8-6-13(7-9-16)27(38)40-2/h3-12,30H,1-2H3,(H,31,33)(H,36,37)/p-1. The quantitative estimate of drug-likeness (QED) is 0.301. The first-order valence-corrected chi connectivity index (χ1v) is 12.1. The van der Waals surface area contributed by atoms with Crippen molar-refractivity contribution < 1.29 is 38.6 Å². The molecule has 13 heteroatoms. The van der Waals surface area contributed by atoms with Crippen LogP contribution in [0, 0.1) is 0 Å². The number of halogens is 2. The van der Waals surface area contributed by atoms with Crippen molar-refractivity contribution in [2.45, 2.75) is 0 Å². The van der Waals surface area contributed by atoms with Crippen molar-refractivity contribution in [1.29, 1.82) is 0 Å². The molecule has 0 aromatic heterocycles. The zero-order chi connectivity index (χ0) is 29.1. The van der Waals surface area contributed by atoms with E-state index in [1.165, 1.54) is 62.8 Å². The molecule has 4 rings (SSSR count). The van der Waals surface area contributed by atoms with Crippen LogP contribution < -0.4 is 25.4 Å². The molecule has 0 bridgehead atoms. The number of anilines is 3. The fraction of sp³-hybridized carbons (Fsp3) is 0.0741. The molecule has 0 aliphatic carbocycles. The molecule has 204 valence electrons. The topological polar surface area (TPSA) is 154 Å². The molecule has 40 heavy (non-hydrogen) atoms. The minimum atomic E-state index is -1.50. The Labute approximate surface area is 236 Å². The summed E-state index contributed by atoms with van der Waals surface area (Å²) in [7, 11) is 2.48. The number of amides is 3. The van der Waals surface area contributed by atoms with Gasteiger partial charge in [-0.1, -0.05) is 29.3 Å². The van der Waals surface area contributed by atoms with Gasteiger partial charge in [0.1, 0.15) is 16.5 Å². The Hall–Kier alpha value is -4.87. The number of nitrogens with one attached hydrogen (secondary N) is 2. The Kier molecular flexibility index (Phi) is 8.08. The molecule has 0 fully saturated rings. The van der Waals surface area contributed by atoms with Crippen molar-refractivity contribution in [1.82, 2.24) is 0 Å². The molecule has 1 aliphatic heterocycles. The zero-order valence-electron chi connectivity index (χ0n) is 20.7. The van der Waals surface area contributed by atoms with E-state index < -0.39 is 29.7 Å². The molecule has 3 amide bonds. The van der Waals surface area contributed by atoms with Crippen LogP contribution in [0.3, 0.4) is 0 Å². The number of methoxy groups -OCH3 is 2. The first-order chi connectivity index (χ1) is 19.0. The largest absolute Gasteiger partial charge is 0.545 e. The van der Waals surface area contributed by atoms with Gasteiger partial charge in [0.15, 0.2) is 0 Å². The molecule has 0 unspecified atom stereocenters. The van der Waals surface area contributed by atoms with Crippen molar-refractivity contribution in [3.63, 3.8) is 0 Å². The minimum absolute atomic E-state index is 0.0608. The van der Waals surface area contributed by atoms with Gasteiger partial charge in [0.05, 0.1) is 42.1 Å². The van der Waals surface area contributed by atoms with Gasteiger partial charge in [0.2, 0.25) is 0 Å². The van der Waals surface area contributed by atoms with Gasteiger partial charge in [-0.05, 0) is 48.5 Å². The molecule has 1 heterocycles. The molecule has 2 N–H and O–H groups in total. The van der Waals surface area contributed by atoms with Gasteiger partial charge in [-0.15, -0.1) is 0 Å². The monoisotopic (exact) mass is 582 g/mol. The highest BCUT2D eigenvalue weighted by molar-refractivity contribution is 6.53. The molecule has 0 saturated carbocycles. The number of rotatable bonds is 8. The highest BCUT2D eigenvalue weighted by atomic mass is 35.5. The third kappa shape index (κ3) is 5.46. The Morgan fingerprint density at radius 2 is 1.60 bits per heavy atom. The van der Waals surface area contributed by atoms with E-state index in [4.69, 9.17) is 27.9 Å². The fourth-order valence-corrected chi connectivity index (χ4v) is 4.19. The van der Waals surface area contributed by atoms with Gasteiger partial charge < -0.3 is 30.0 Å². The summed E-state index contributed by atoms with van der Waals surface area (Å²) in [6, 6.07) is 13.9. The lowest BCUT2D eigenvalue weighted by Crippen LogP contribution is -2.32. The number of carbonyl (C=O) groups excluding carboxylic acids is 5. The zero-order valence-corrected chi connectivity index (χ0v) is 22.3. The summed E-state index contributed by atoms with van der Waals surface area (Å²) >= 11 is 12.3. The Morgan fingerprint density at radius 3 is 2.23 bits per heavy atom. The van der Waals surface area contributed by atoms with E-state index >= 15 is 0 Å². The smallest absolute Gasteiger partial charge is 0.337 e. The number of benzene rings is 3. The molecule has 0 radical (unpaired) electrons. The van der Waals surface area contributed by atoms with Crippen LogP contribution in [-0.2, 0) is 14.3 Å². The SMILES string of the molecule is COC(=O)c1ccc(N2C(=O)C(Cl)=C(Nc3cccc(C(=O)Nc4cc(OC)c(C(=O)[O-])cc4Cl)c3)C2=O)cc1. The van der Waals surface area contributed by atoms with E-state index in [1.807, 2.05) is 0 Å². The second kappa shape index (κ2) is 11.5. The average molecular weight is 583 g/mol. The predicted octanol–water partition coefficient (Wildman–Crippen LogP) is 3.19. The van der Waals surface area contributed by atoms with Crippen LogP contribution in [0.1, 0.15) is 31.1 Å². The number of carboxylic acid groups (broad SMARTS) is 1. The maximum absolute atomic E-state index is 13.1. The Bertz CT molecular complexity index is 1600. The molecule has 0 saturated heterocycles. The molecule has 0 spiro atoms. The van der Waals surface area contributed by atoms with Gasteiger partial charge >= 0.3 is 5.97 Å².